The lowest BCUT2D eigenvalue weighted by Gasteiger charge is -2.49. The first-order valence-corrected chi connectivity index (χ1v) is 8.21. The van der Waals surface area contributed by atoms with E-state index < -0.39 is 0 Å². The Morgan fingerprint density at radius 3 is 2.14 bits per heavy atom. The molecule has 0 bridgehead atoms. The van der Waals surface area contributed by atoms with Crippen LogP contribution in [0, 0.1) is 6.92 Å². The summed E-state index contributed by atoms with van der Waals surface area (Å²) >= 11 is 0. The maximum Gasteiger partial charge on any atom is 0.0564 e. The molecule has 2 aliphatic rings. The number of likely N-dealkylation sites (tertiary alicyclic amines) is 1. The Hall–Kier alpha value is -0.570. The second-order valence-corrected chi connectivity index (χ2v) is 6.68. The molecule has 1 aliphatic heterocycles. The summed E-state index contributed by atoms with van der Waals surface area (Å²) in [5.74, 6) is 0. The molecule has 0 unspecified atom stereocenters. The monoisotopic (exact) mass is 309 g/mol. The average Bonchev–Trinajstić information content (AvgIpc) is 2.49. The van der Waals surface area contributed by atoms with Crippen LogP contribution in [0.2, 0.25) is 0 Å². The van der Waals surface area contributed by atoms with Crippen molar-refractivity contribution in [2.24, 2.45) is 0 Å². The van der Waals surface area contributed by atoms with E-state index in [-0.39, 0.29) is 24.0 Å². The van der Waals surface area contributed by atoms with Gasteiger partial charge in [-0.3, -0.25) is 4.90 Å². The maximum absolute atomic E-state index is 9.79. The highest BCUT2D eigenvalue weighted by Crippen LogP contribution is 2.43. The molecule has 0 spiro atoms. The molecule has 1 saturated heterocycles. The second kappa shape index (κ2) is 7.13. The van der Waals surface area contributed by atoms with Crippen molar-refractivity contribution in [3.05, 3.63) is 35.4 Å². The number of rotatable bonds is 2. The summed E-state index contributed by atoms with van der Waals surface area (Å²) in [4.78, 5) is 2.67. The molecule has 1 heterocycles. The number of benzene rings is 1. The number of piperidine rings is 1. The molecule has 1 saturated carbocycles. The van der Waals surface area contributed by atoms with Crippen LogP contribution in [0.3, 0.4) is 0 Å². The molecule has 21 heavy (non-hydrogen) atoms. The molecular weight excluding hydrogens is 282 g/mol. The van der Waals surface area contributed by atoms with Crippen LogP contribution in [0.15, 0.2) is 24.3 Å². The van der Waals surface area contributed by atoms with Gasteiger partial charge in [-0.25, -0.2) is 0 Å². The Balaban J connectivity index is 0.00000161. The first kappa shape index (κ1) is 16.8. The normalized spacial score (nSPS) is 23.5. The van der Waals surface area contributed by atoms with Crippen LogP contribution in [0.4, 0.5) is 0 Å². The summed E-state index contributed by atoms with van der Waals surface area (Å²) in [5, 5.41) is 9.79. The van der Waals surface area contributed by atoms with Gasteiger partial charge in [-0.05, 0) is 38.2 Å². The van der Waals surface area contributed by atoms with E-state index >= 15 is 0 Å². The zero-order valence-corrected chi connectivity index (χ0v) is 13.9. The van der Waals surface area contributed by atoms with Gasteiger partial charge in [-0.15, -0.1) is 12.4 Å². The lowest BCUT2D eigenvalue weighted by molar-refractivity contribution is -0.00777. The van der Waals surface area contributed by atoms with E-state index in [9.17, 15) is 5.11 Å². The molecule has 0 amide bonds. The van der Waals surface area contributed by atoms with Crippen molar-refractivity contribution >= 4 is 12.4 Å². The minimum Gasteiger partial charge on any atom is -0.393 e. The first-order valence-electron chi connectivity index (χ1n) is 8.21. The van der Waals surface area contributed by atoms with Gasteiger partial charge in [0.1, 0.15) is 0 Å². The summed E-state index contributed by atoms with van der Waals surface area (Å²) in [6.07, 6.45) is 8.42. The number of aliphatic hydroxyl groups excluding tert-OH is 1. The third kappa shape index (κ3) is 3.44. The molecule has 1 aromatic rings. The van der Waals surface area contributed by atoms with E-state index in [0.29, 0.717) is 0 Å². The topological polar surface area (TPSA) is 23.5 Å². The van der Waals surface area contributed by atoms with Crippen molar-refractivity contribution in [2.75, 3.05) is 13.1 Å². The molecule has 1 aliphatic carbocycles. The molecule has 1 N–H and O–H groups in total. The SMILES string of the molecule is Cc1ccc(C2(N3CCC(O)CC3)CCCCC2)cc1.Cl. The van der Waals surface area contributed by atoms with Gasteiger partial charge in [-0.1, -0.05) is 49.1 Å². The Labute approximate surface area is 135 Å². The van der Waals surface area contributed by atoms with Crippen LogP contribution in [0.25, 0.3) is 0 Å². The number of aliphatic hydroxyl groups is 1. The van der Waals surface area contributed by atoms with Gasteiger partial charge in [0.2, 0.25) is 0 Å². The average molecular weight is 310 g/mol. The van der Waals surface area contributed by atoms with Gasteiger partial charge in [0.05, 0.1) is 6.10 Å². The minimum atomic E-state index is -0.0788. The molecule has 118 valence electrons. The van der Waals surface area contributed by atoms with Crippen molar-refractivity contribution in [1.29, 1.82) is 0 Å². The molecule has 0 atom stereocenters. The van der Waals surface area contributed by atoms with Crippen LogP contribution in [-0.2, 0) is 5.54 Å². The molecule has 2 fully saturated rings. The van der Waals surface area contributed by atoms with E-state index in [1.807, 2.05) is 0 Å². The van der Waals surface area contributed by atoms with Crippen molar-refractivity contribution in [3.63, 3.8) is 0 Å². The van der Waals surface area contributed by atoms with Gasteiger partial charge in [0.25, 0.3) is 0 Å². The van der Waals surface area contributed by atoms with Gasteiger partial charge in [-0.2, -0.15) is 0 Å². The number of aryl methyl sites for hydroxylation is 1. The fraction of sp³-hybridized carbons (Fsp3) is 0.667. The van der Waals surface area contributed by atoms with E-state index in [0.717, 1.165) is 25.9 Å². The predicted octanol–water partition coefficient (Wildman–Crippen LogP) is 4.03. The van der Waals surface area contributed by atoms with Crippen LogP contribution in [-0.4, -0.2) is 29.2 Å². The Kier molecular flexibility index (Phi) is 5.70. The minimum absolute atomic E-state index is 0. The number of nitrogens with zero attached hydrogens (tertiary/aromatic N) is 1. The molecule has 3 rings (SSSR count). The molecule has 0 aromatic heterocycles. The Morgan fingerprint density at radius 1 is 1.00 bits per heavy atom. The van der Waals surface area contributed by atoms with Gasteiger partial charge in [0.15, 0.2) is 0 Å². The van der Waals surface area contributed by atoms with Crippen LogP contribution < -0.4 is 0 Å². The third-order valence-corrected chi connectivity index (χ3v) is 5.34. The highest BCUT2D eigenvalue weighted by Gasteiger charge is 2.40. The summed E-state index contributed by atoms with van der Waals surface area (Å²) in [5.41, 5.74) is 3.08. The third-order valence-electron chi connectivity index (χ3n) is 5.34. The van der Waals surface area contributed by atoms with Crippen molar-refractivity contribution in [1.82, 2.24) is 4.90 Å². The summed E-state index contributed by atoms with van der Waals surface area (Å²) in [7, 11) is 0. The van der Waals surface area contributed by atoms with Crippen LogP contribution >= 0.6 is 12.4 Å². The maximum atomic E-state index is 9.79. The number of hydrogen-bond acceptors (Lipinski definition) is 2. The van der Waals surface area contributed by atoms with Gasteiger partial charge in [0, 0.05) is 18.6 Å². The van der Waals surface area contributed by atoms with Crippen molar-refractivity contribution < 1.29 is 5.11 Å². The quantitative estimate of drug-likeness (QED) is 0.891. The largest absolute Gasteiger partial charge is 0.393 e. The highest BCUT2D eigenvalue weighted by atomic mass is 35.5. The number of hydrogen-bond donors (Lipinski definition) is 1. The van der Waals surface area contributed by atoms with Crippen LogP contribution in [0.5, 0.6) is 0 Å². The fourth-order valence-electron chi connectivity index (χ4n) is 4.08. The van der Waals surface area contributed by atoms with Crippen molar-refractivity contribution in [2.45, 2.75) is 63.5 Å². The molecule has 2 nitrogen and oxygen atoms in total. The van der Waals surface area contributed by atoms with E-state index in [4.69, 9.17) is 0 Å². The molecule has 3 heteroatoms. The molecule has 1 aromatic carbocycles. The summed E-state index contributed by atoms with van der Waals surface area (Å²) in [6, 6.07) is 9.19. The van der Waals surface area contributed by atoms with E-state index in [1.54, 1.807) is 0 Å². The molecule has 0 radical (unpaired) electrons. The summed E-state index contributed by atoms with van der Waals surface area (Å²) in [6.45, 7) is 4.26. The van der Waals surface area contributed by atoms with Gasteiger partial charge >= 0.3 is 0 Å². The second-order valence-electron chi connectivity index (χ2n) is 6.68. The fourth-order valence-corrected chi connectivity index (χ4v) is 4.08. The Morgan fingerprint density at radius 2 is 1.57 bits per heavy atom. The zero-order chi connectivity index (χ0) is 14.0. The van der Waals surface area contributed by atoms with Gasteiger partial charge < -0.3 is 5.11 Å². The van der Waals surface area contributed by atoms with Crippen LogP contribution in [0.1, 0.15) is 56.1 Å². The lowest BCUT2D eigenvalue weighted by atomic mass is 9.74. The predicted molar refractivity (Wildman–Crippen MR) is 90.0 cm³/mol. The Bertz CT molecular complexity index is 431. The first-order chi connectivity index (χ1) is 9.71. The van der Waals surface area contributed by atoms with E-state index in [1.165, 1.54) is 43.2 Å². The van der Waals surface area contributed by atoms with E-state index in [2.05, 4.69) is 36.1 Å². The lowest BCUT2D eigenvalue weighted by Crippen LogP contribution is -2.51. The summed E-state index contributed by atoms with van der Waals surface area (Å²) < 4.78 is 0. The van der Waals surface area contributed by atoms with Crippen molar-refractivity contribution in [3.8, 4) is 0 Å². The molecular formula is C18H28ClNO. The number of halogens is 1. The highest BCUT2D eigenvalue weighted by molar-refractivity contribution is 5.85. The smallest absolute Gasteiger partial charge is 0.0564 e. The standard InChI is InChI=1S/C18H27NO.ClH/c1-15-5-7-16(8-6-15)18(11-3-2-4-12-18)19-13-9-17(20)10-14-19;/h5-8,17,20H,2-4,9-14H2,1H3;1H. The zero-order valence-electron chi connectivity index (χ0n) is 13.1.